The van der Waals surface area contributed by atoms with Crippen LogP contribution in [0.25, 0.3) is 0 Å². The highest BCUT2D eigenvalue weighted by molar-refractivity contribution is 5.79. The Morgan fingerprint density at radius 3 is 2.79 bits per heavy atom. The molecule has 1 aromatic rings. The fraction of sp³-hybridized carbons (Fsp3) is 0.611. The maximum absolute atomic E-state index is 5.41. The molecule has 0 spiro atoms. The highest BCUT2D eigenvalue weighted by Crippen LogP contribution is 2.10. The van der Waals surface area contributed by atoms with Crippen LogP contribution in [0.2, 0.25) is 0 Å². The van der Waals surface area contributed by atoms with Crippen LogP contribution >= 0.6 is 0 Å². The Morgan fingerprint density at radius 2 is 2.08 bits per heavy atom. The number of rotatable bonds is 7. The predicted molar refractivity (Wildman–Crippen MR) is 97.2 cm³/mol. The van der Waals surface area contributed by atoms with Crippen molar-refractivity contribution >= 4 is 5.96 Å². The molecule has 134 valence electrons. The largest absolute Gasteiger partial charge is 0.383 e. The SMILES string of the molecule is CN=C(NCc1cccc(CN2CCOCC2)c1)NC(C)COC. The van der Waals surface area contributed by atoms with Crippen molar-refractivity contribution in [3.8, 4) is 0 Å². The van der Waals surface area contributed by atoms with Gasteiger partial charge in [-0.05, 0) is 18.1 Å². The molecular formula is C18H30N4O2. The smallest absolute Gasteiger partial charge is 0.191 e. The van der Waals surface area contributed by atoms with E-state index in [9.17, 15) is 0 Å². The first-order valence-corrected chi connectivity index (χ1v) is 8.55. The van der Waals surface area contributed by atoms with Crippen molar-refractivity contribution in [2.24, 2.45) is 4.99 Å². The Kier molecular flexibility index (Phi) is 8.01. The van der Waals surface area contributed by atoms with Gasteiger partial charge in [-0.2, -0.15) is 0 Å². The summed E-state index contributed by atoms with van der Waals surface area (Å²) >= 11 is 0. The Morgan fingerprint density at radius 1 is 1.33 bits per heavy atom. The summed E-state index contributed by atoms with van der Waals surface area (Å²) in [6, 6.07) is 8.92. The molecule has 1 aromatic carbocycles. The summed E-state index contributed by atoms with van der Waals surface area (Å²) in [6.07, 6.45) is 0. The molecule has 6 nitrogen and oxygen atoms in total. The van der Waals surface area contributed by atoms with Gasteiger partial charge in [0.05, 0.1) is 19.8 Å². The lowest BCUT2D eigenvalue weighted by Crippen LogP contribution is -2.43. The highest BCUT2D eigenvalue weighted by Gasteiger charge is 2.11. The quantitative estimate of drug-likeness (QED) is 0.580. The van der Waals surface area contributed by atoms with Crippen LogP contribution in [0.3, 0.4) is 0 Å². The summed E-state index contributed by atoms with van der Waals surface area (Å²) in [4.78, 5) is 6.69. The fourth-order valence-corrected chi connectivity index (χ4v) is 2.76. The number of aliphatic imine (C=N–C) groups is 1. The second-order valence-corrected chi connectivity index (χ2v) is 6.13. The predicted octanol–water partition coefficient (Wildman–Crippen LogP) is 1.22. The normalized spacial score (nSPS) is 17.5. The second-order valence-electron chi connectivity index (χ2n) is 6.13. The third-order valence-electron chi connectivity index (χ3n) is 3.98. The van der Waals surface area contributed by atoms with Gasteiger partial charge in [0.1, 0.15) is 0 Å². The van der Waals surface area contributed by atoms with Crippen LogP contribution in [-0.4, -0.2) is 64.0 Å². The van der Waals surface area contributed by atoms with Crippen LogP contribution in [0, 0.1) is 0 Å². The lowest BCUT2D eigenvalue weighted by molar-refractivity contribution is 0.0342. The number of methoxy groups -OCH3 is 1. The summed E-state index contributed by atoms with van der Waals surface area (Å²) in [6.45, 7) is 8.14. The van der Waals surface area contributed by atoms with Crippen molar-refractivity contribution in [2.45, 2.75) is 26.1 Å². The van der Waals surface area contributed by atoms with Crippen LogP contribution in [0.1, 0.15) is 18.1 Å². The van der Waals surface area contributed by atoms with Crippen LogP contribution in [0.4, 0.5) is 0 Å². The average Bonchev–Trinajstić information content (AvgIpc) is 2.60. The van der Waals surface area contributed by atoms with E-state index in [0.29, 0.717) is 6.61 Å². The number of benzene rings is 1. The summed E-state index contributed by atoms with van der Waals surface area (Å²) in [7, 11) is 3.48. The number of guanidine groups is 1. The van der Waals surface area contributed by atoms with Gasteiger partial charge in [0, 0.05) is 46.4 Å². The third-order valence-corrected chi connectivity index (χ3v) is 3.98. The summed E-state index contributed by atoms with van der Waals surface area (Å²) < 4.78 is 10.5. The molecule has 0 radical (unpaired) electrons. The molecule has 2 rings (SSSR count). The molecule has 2 N–H and O–H groups in total. The van der Waals surface area contributed by atoms with E-state index >= 15 is 0 Å². The molecule has 0 bridgehead atoms. The number of hydrogen-bond acceptors (Lipinski definition) is 4. The summed E-state index contributed by atoms with van der Waals surface area (Å²) in [5.74, 6) is 0.790. The molecule has 1 atom stereocenters. The van der Waals surface area contributed by atoms with Gasteiger partial charge in [0.25, 0.3) is 0 Å². The van der Waals surface area contributed by atoms with E-state index in [-0.39, 0.29) is 6.04 Å². The zero-order chi connectivity index (χ0) is 17.2. The summed E-state index contributed by atoms with van der Waals surface area (Å²) in [5.41, 5.74) is 2.59. The number of nitrogens with zero attached hydrogens (tertiary/aromatic N) is 2. The van der Waals surface area contributed by atoms with Crippen molar-refractivity contribution in [2.75, 3.05) is 47.1 Å². The molecule has 1 fully saturated rings. The van der Waals surface area contributed by atoms with E-state index in [1.807, 2.05) is 0 Å². The number of ether oxygens (including phenoxy) is 2. The van der Waals surface area contributed by atoms with E-state index < -0.39 is 0 Å². The molecule has 1 aliphatic heterocycles. The van der Waals surface area contributed by atoms with Gasteiger partial charge in [0.15, 0.2) is 5.96 Å². The van der Waals surface area contributed by atoms with Gasteiger partial charge in [-0.1, -0.05) is 24.3 Å². The minimum atomic E-state index is 0.217. The van der Waals surface area contributed by atoms with Crippen LogP contribution in [-0.2, 0) is 22.6 Å². The molecule has 0 amide bonds. The van der Waals surface area contributed by atoms with Crippen molar-refractivity contribution < 1.29 is 9.47 Å². The Hall–Kier alpha value is -1.63. The summed E-state index contributed by atoms with van der Waals surface area (Å²) in [5, 5.41) is 6.67. The number of morpholine rings is 1. The van der Waals surface area contributed by atoms with Gasteiger partial charge >= 0.3 is 0 Å². The first-order valence-electron chi connectivity index (χ1n) is 8.55. The molecule has 1 saturated heterocycles. The van der Waals surface area contributed by atoms with Crippen molar-refractivity contribution in [1.82, 2.24) is 15.5 Å². The van der Waals surface area contributed by atoms with Crippen LogP contribution in [0.5, 0.6) is 0 Å². The molecule has 1 heterocycles. The van der Waals surface area contributed by atoms with E-state index in [0.717, 1.165) is 45.4 Å². The number of nitrogens with one attached hydrogen (secondary N) is 2. The first kappa shape index (κ1) is 18.7. The van der Waals surface area contributed by atoms with Gasteiger partial charge in [0.2, 0.25) is 0 Å². The van der Waals surface area contributed by atoms with E-state index in [2.05, 4.69) is 51.7 Å². The number of hydrogen-bond donors (Lipinski definition) is 2. The second kappa shape index (κ2) is 10.3. The monoisotopic (exact) mass is 334 g/mol. The maximum atomic E-state index is 5.41. The van der Waals surface area contributed by atoms with E-state index in [1.54, 1.807) is 14.2 Å². The minimum absolute atomic E-state index is 0.217. The van der Waals surface area contributed by atoms with Crippen molar-refractivity contribution in [1.29, 1.82) is 0 Å². The molecule has 1 unspecified atom stereocenters. The Labute approximate surface area is 145 Å². The van der Waals surface area contributed by atoms with Gasteiger partial charge in [-0.15, -0.1) is 0 Å². The lowest BCUT2D eigenvalue weighted by Gasteiger charge is -2.26. The third kappa shape index (κ3) is 6.47. The Balaban J connectivity index is 1.84. The maximum Gasteiger partial charge on any atom is 0.191 e. The Bertz CT molecular complexity index is 515. The van der Waals surface area contributed by atoms with Crippen LogP contribution < -0.4 is 10.6 Å². The van der Waals surface area contributed by atoms with Crippen molar-refractivity contribution in [3.63, 3.8) is 0 Å². The zero-order valence-corrected chi connectivity index (χ0v) is 15.0. The molecule has 0 aliphatic carbocycles. The lowest BCUT2D eigenvalue weighted by atomic mass is 10.1. The molecular weight excluding hydrogens is 304 g/mol. The van der Waals surface area contributed by atoms with Gasteiger partial charge < -0.3 is 20.1 Å². The van der Waals surface area contributed by atoms with E-state index in [4.69, 9.17) is 9.47 Å². The zero-order valence-electron chi connectivity index (χ0n) is 15.0. The van der Waals surface area contributed by atoms with Crippen molar-refractivity contribution in [3.05, 3.63) is 35.4 Å². The highest BCUT2D eigenvalue weighted by atomic mass is 16.5. The van der Waals surface area contributed by atoms with E-state index in [1.165, 1.54) is 11.1 Å². The molecule has 0 saturated carbocycles. The topological polar surface area (TPSA) is 58.1 Å². The standard InChI is InChI=1S/C18H30N4O2/c1-15(14-23-3)21-18(19-2)20-12-16-5-4-6-17(11-16)13-22-7-9-24-10-8-22/h4-6,11,15H,7-10,12-14H2,1-3H3,(H2,19,20,21). The average molecular weight is 334 g/mol. The first-order chi connectivity index (χ1) is 11.7. The molecule has 24 heavy (non-hydrogen) atoms. The molecule has 6 heteroatoms. The van der Waals surface area contributed by atoms with Crippen LogP contribution in [0.15, 0.2) is 29.3 Å². The van der Waals surface area contributed by atoms with Gasteiger partial charge in [-0.25, -0.2) is 0 Å². The minimum Gasteiger partial charge on any atom is -0.383 e. The van der Waals surface area contributed by atoms with Gasteiger partial charge in [-0.3, -0.25) is 9.89 Å². The molecule has 0 aromatic heterocycles. The molecule has 1 aliphatic rings. The fourth-order valence-electron chi connectivity index (χ4n) is 2.76.